The summed E-state index contributed by atoms with van der Waals surface area (Å²) in [5.41, 5.74) is 1.21. The van der Waals surface area contributed by atoms with Gasteiger partial charge in [-0.3, -0.25) is 23.6 Å². The number of Topliss-reactive ketones (excluding diaryl/α,β-unsaturated/α-hetero) is 1. The molecule has 0 aliphatic carbocycles. The average Bonchev–Trinajstić information content (AvgIpc) is 3.31. The summed E-state index contributed by atoms with van der Waals surface area (Å²) in [5.74, 6) is 0.134. The van der Waals surface area contributed by atoms with Crippen LogP contribution in [-0.4, -0.2) is 42.5 Å². The van der Waals surface area contributed by atoms with Gasteiger partial charge in [0.1, 0.15) is 5.78 Å². The second kappa shape index (κ2) is 7.14. The van der Waals surface area contributed by atoms with Crippen LogP contribution in [0.3, 0.4) is 0 Å². The van der Waals surface area contributed by atoms with Gasteiger partial charge in [-0.15, -0.1) is 11.3 Å². The van der Waals surface area contributed by atoms with E-state index in [0.717, 1.165) is 24.1 Å². The van der Waals surface area contributed by atoms with Crippen LogP contribution >= 0.6 is 11.3 Å². The number of hydrogen-bond acceptors (Lipinski definition) is 6. The van der Waals surface area contributed by atoms with Crippen molar-refractivity contribution in [2.24, 2.45) is 14.1 Å². The third-order valence-electron chi connectivity index (χ3n) is 5.46. The quantitative estimate of drug-likeness (QED) is 0.639. The molecule has 1 aliphatic rings. The van der Waals surface area contributed by atoms with Gasteiger partial charge >= 0.3 is 5.69 Å². The van der Waals surface area contributed by atoms with E-state index in [2.05, 4.69) is 21.3 Å². The van der Waals surface area contributed by atoms with Crippen LogP contribution in [0.1, 0.15) is 29.8 Å². The highest BCUT2D eigenvalue weighted by Crippen LogP contribution is 2.24. The molecule has 0 saturated carbocycles. The second-order valence-electron chi connectivity index (χ2n) is 7.45. The molecule has 148 valence electrons. The van der Waals surface area contributed by atoms with Gasteiger partial charge in [-0.05, 0) is 30.4 Å². The molecule has 1 aliphatic heterocycles. The van der Waals surface area contributed by atoms with E-state index < -0.39 is 11.2 Å². The van der Waals surface area contributed by atoms with Crippen molar-refractivity contribution < 1.29 is 4.79 Å². The number of thiophene rings is 1. The van der Waals surface area contributed by atoms with Crippen LogP contribution in [0.4, 0.5) is 0 Å². The van der Waals surface area contributed by atoms with Gasteiger partial charge < -0.3 is 4.57 Å². The van der Waals surface area contributed by atoms with Gasteiger partial charge in [0.15, 0.2) is 11.2 Å². The number of rotatable bonds is 5. The topological polar surface area (TPSA) is 82.1 Å². The molecule has 0 fully saturated rings. The first kappa shape index (κ1) is 18.8. The molecule has 4 rings (SSSR count). The van der Waals surface area contributed by atoms with Crippen LogP contribution in [0, 0.1) is 0 Å². The lowest BCUT2D eigenvalue weighted by Crippen LogP contribution is -2.38. The molecule has 1 unspecified atom stereocenters. The van der Waals surface area contributed by atoms with Crippen LogP contribution in [0.15, 0.2) is 27.4 Å². The average molecular weight is 401 g/mol. The number of aryl methyl sites for hydroxylation is 1. The van der Waals surface area contributed by atoms with Gasteiger partial charge in [0.25, 0.3) is 5.56 Å². The number of imidazole rings is 1. The molecule has 4 heterocycles. The molecule has 0 radical (unpaired) electrons. The monoisotopic (exact) mass is 401 g/mol. The van der Waals surface area contributed by atoms with Crippen molar-refractivity contribution in [3.8, 4) is 0 Å². The first-order valence-electron chi connectivity index (χ1n) is 9.28. The zero-order valence-electron chi connectivity index (χ0n) is 16.2. The maximum absolute atomic E-state index is 12.7. The van der Waals surface area contributed by atoms with Gasteiger partial charge in [-0.2, -0.15) is 0 Å². The van der Waals surface area contributed by atoms with Crippen molar-refractivity contribution in [3.05, 3.63) is 49.1 Å². The van der Waals surface area contributed by atoms with Crippen molar-refractivity contribution in [1.29, 1.82) is 0 Å². The third-order valence-corrected chi connectivity index (χ3v) is 6.48. The van der Waals surface area contributed by atoms with Gasteiger partial charge in [0.05, 0.1) is 12.9 Å². The lowest BCUT2D eigenvalue weighted by molar-refractivity contribution is -0.121. The fraction of sp³-hybridized carbons (Fsp3) is 0.474. The highest BCUT2D eigenvalue weighted by atomic mass is 32.1. The van der Waals surface area contributed by atoms with Crippen molar-refractivity contribution in [2.75, 3.05) is 13.1 Å². The summed E-state index contributed by atoms with van der Waals surface area (Å²) >= 11 is 1.78. The van der Waals surface area contributed by atoms with E-state index >= 15 is 0 Å². The summed E-state index contributed by atoms with van der Waals surface area (Å²) in [4.78, 5) is 45.1. The minimum Gasteiger partial charge on any atom is -0.321 e. The predicted molar refractivity (Wildman–Crippen MR) is 108 cm³/mol. The van der Waals surface area contributed by atoms with Crippen LogP contribution in [0.5, 0.6) is 0 Å². The molecule has 0 aromatic carbocycles. The van der Waals surface area contributed by atoms with Gasteiger partial charge in [0.2, 0.25) is 0 Å². The Labute approximate surface area is 165 Å². The minimum atomic E-state index is -0.413. The Hall–Kier alpha value is -2.52. The summed E-state index contributed by atoms with van der Waals surface area (Å²) in [6.07, 6.45) is 2.85. The first-order chi connectivity index (χ1) is 13.4. The molecule has 3 aromatic rings. The number of carbonyl (C=O) groups excluding carboxylic acids is 1. The summed E-state index contributed by atoms with van der Waals surface area (Å²) in [6.45, 7) is 4.01. The predicted octanol–water partition coefficient (Wildman–Crippen LogP) is 1.07. The van der Waals surface area contributed by atoms with Gasteiger partial charge in [0, 0.05) is 44.5 Å². The molecule has 3 aromatic heterocycles. The molecule has 0 amide bonds. The zero-order chi connectivity index (χ0) is 20.0. The Morgan fingerprint density at radius 2 is 2.07 bits per heavy atom. The summed E-state index contributed by atoms with van der Waals surface area (Å²) in [5, 5.41) is 2.11. The fourth-order valence-corrected chi connectivity index (χ4v) is 4.77. The molecule has 1 atom stereocenters. The molecule has 28 heavy (non-hydrogen) atoms. The molecule has 0 spiro atoms. The number of carbonyl (C=O) groups is 1. The Morgan fingerprint density at radius 3 is 2.86 bits per heavy atom. The number of hydrogen-bond donors (Lipinski definition) is 0. The van der Waals surface area contributed by atoms with Crippen molar-refractivity contribution in [3.63, 3.8) is 0 Å². The zero-order valence-corrected chi connectivity index (χ0v) is 17.0. The number of nitrogens with zero attached hydrogens (tertiary/aromatic N) is 5. The Kier molecular flexibility index (Phi) is 4.80. The molecule has 0 bridgehead atoms. The van der Waals surface area contributed by atoms with E-state index in [0.29, 0.717) is 24.1 Å². The summed E-state index contributed by atoms with van der Waals surface area (Å²) in [6, 6.07) is 1.92. The van der Waals surface area contributed by atoms with Crippen LogP contribution in [0.25, 0.3) is 11.2 Å². The van der Waals surface area contributed by atoms with E-state index in [4.69, 9.17) is 0 Å². The lowest BCUT2D eigenvalue weighted by Gasteiger charge is -2.26. The van der Waals surface area contributed by atoms with E-state index in [1.54, 1.807) is 29.3 Å². The van der Waals surface area contributed by atoms with Crippen molar-refractivity contribution in [1.82, 2.24) is 23.6 Å². The molecular formula is C19H23N5O3S. The van der Waals surface area contributed by atoms with Gasteiger partial charge in [-0.1, -0.05) is 0 Å². The van der Waals surface area contributed by atoms with Gasteiger partial charge in [-0.25, -0.2) is 9.78 Å². The second-order valence-corrected chi connectivity index (χ2v) is 8.45. The van der Waals surface area contributed by atoms with E-state index in [1.165, 1.54) is 22.1 Å². The molecule has 0 saturated heterocycles. The number of fused-ring (bicyclic) bond motifs is 2. The van der Waals surface area contributed by atoms with E-state index in [-0.39, 0.29) is 11.8 Å². The third kappa shape index (κ3) is 3.14. The van der Waals surface area contributed by atoms with E-state index in [1.807, 2.05) is 6.92 Å². The number of ketones is 1. The van der Waals surface area contributed by atoms with Crippen LogP contribution in [-0.2, 0) is 31.9 Å². The Balaban J connectivity index is 1.51. The standard InChI is InChI=1S/C19H23N5O3S/c1-12(8-14(25)10-23-6-4-15-13(9-23)5-7-28-15)24-11-20-17-16(24)18(26)22(3)19(27)21(17)2/h5,7,11-12H,4,6,8-10H2,1-3H3. The first-order valence-corrected chi connectivity index (χ1v) is 10.2. The Bertz CT molecular complexity index is 1170. The molecule has 9 heteroatoms. The summed E-state index contributed by atoms with van der Waals surface area (Å²) < 4.78 is 4.14. The number of aromatic nitrogens is 4. The largest absolute Gasteiger partial charge is 0.332 e. The lowest BCUT2D eigenvalue weighted by atomic mass is 10.1. The molecular weight excluding hydrogens is 378 g/mol. The Morgan fingerprint density at radius 1 is 1.29 bits per heavy atom. The molecule has 8 nitrogen and oxygen atoms in total. The highest BCUT2D eigenvalue weighted by molar-refractivity contribution is 7.10. The van der Waals surface area contributed by atoms with Crippen molar-refractivity contribution in [2.45, 2.75) is 32.4 Å². The fourth-order valence-electron chi connectivity index (χ4n) is 3.88. The highest BCUT2D eigenvalue weighted by Gasteiger charge is 2.22. The van der Waals surface area contributed by atoms with E-state index in [9.17, 15) is 14.4 Å². The van der Waals surface area contributed by atoms with Crippen LogP contribution in [0.2, 0.25) is 0 Å². The molecule has 0 N–H and O–H groups in total. The smallest absolute Gasteiger partial charge is 0.321 e. The van der Waals surface area contributed by atoms with Crippen LogP contribution < -0.4 is 11.2 Å². The van der Waals surface area contributed by atoms with Crippen molar-refractivity contribution >= 4 is 28.3 Å². The maximum atomic E-state index is 12.7. The normalized spacial score (nSPS) is 15.7. The SMILES string of the molecule is CC(CC(=O)CN1CCc2sccc2C1)n1cnc2c1c(=O)n(C)c(=O)n2C. The maximum Gasteiger partial charge on any atom is 0.332 e. The minimum absolute atomic E-state index is 0.134. The summed E-state index contributed by atoms with van der Waals surface area (Å²) in [7, 11) is 3.04.